The van der Waals surface area contributed by atoms with Crippen LogP contribution in [0.3, 0.4) is 0 Å². The Hall–Kier alpha value is -1.86. The molecule has 1 aromatic carbocycles. The molecule has 0 aliphatic carbocycles. The Morgan fingerprint density at radius 3 is 3.00 bits per heavy atom. The maximum Gasteiger partial charge on any atom is 0.255 e. The highest BCUT2D eigenvalue weighted by molar-refractivity contribution is 5.96. The number of rotatable bonds is 2. The second kappa shape index (κ2) is 5.65. The first kappa shape index (κ1) is 12.6. The third-order valence-corrected chi connectivity index (χ3v) is 3.15. The fourth-order valence-electron chi connectivity index (χ4n) is 2.06. The molecule has 0 bridgehead atoms. The van der Waals surface area contributed by atoms with Crippen molar-refractivity contribution in [3.63, 3.8) is 0 Å². The lowest BCUT2D eigenvalue weighted by molar-refractivity contribution is -0.132. The summed E-state index contributed by atoms with van der Waals surface area (Å²) in [6.45, 7) is 0.655. The summed E-state index contributed by atoms with van der Waals surface area (Å²) >= 11 is 0. The standard InChI is InChI=1S/C14H16N2O2/c1-16(12-6-4-5-11(9-12)10-15)14(17)13-7-2-3-8-18-13/h4-6,9,13H,2-3,7-8H2,1H3. The lowest BCUT2D eigenvalue weighted by Crippen LogP contribution is -2.39. The van der Waals surface area contributed by atoms with E-state index in [1.54, 1.807) is 30.1 Å². The number of carbonyl (C=O) groups is 1. The second-order valence-corrected chi connectivity index (χ2v) is 4.41. The van der Waals surface area contributed by atoms with Crippen LogP contribution in [0.4, 0.5) is 5.69 Å². The molecule has 0 saturated carbocycles. The molecule has 0 aromatic heterocycles. The molecule has 2 rings (SSSR count). The third-order valence-electron chi connectivity index (χ3n) is 3.15. The second-order valence-electron chi connectivity index (χ2n) is 4.41. The van der Waals surface area contributed by atoms with Gasteiger partial charge in [0.1, 0.15) is 6.10 Å². The SMILES string of the molecule is CN(C(=O)C1CCCCO1)c1cccc(C#N)c1. The number of nitriles is 1. The average Bonchev–Trinajstić information content (AvgIpc) is 2.46. The predicted octanol–water partition coefficient (Wildman–Crippen LogP) is 2.09. The van der Waals surface area contributed by atoms with Gasteiger partial charge in [-0.2, -0.15) is 5.26 Å². The van der Waals surface area contributed by atoms with Crippen molar-refractivity contribution in [1.29, 1.82) is 5.26 Å². The minimum absolute atomic E-state index is 0.0372. The van der Waals surface area contributed by atoms with Crippen LogP contribution >= 0.6 is 0 Å². The van der Waals surface area contributed by atoms with Gasteiger partial charge in [0.2, 0.25) is 0 Å². The quantitative estimate of drug-likeness (QED) is 0.800. The van der Waals surface area contributed by atoms with Crippen LogP contribution in [0.25, 0.3) is 0 Å². The van der Waals surface area contributed by atoms with E-state index in [-0.39, 0.29) is 12.0 Å². The number of hydrogen-bond donors (Lipinski definition) is 0. The Morgan fingerprint density at radius 2 is 2.33 bits per heavy atom. The number of hydrogen-bond acceptors (Lipinski definition) is 3. The van der Waals surface area contributed by atoms with Crippen LogP contribution in [0.5, 0.6) is 0 Å². The summed E-state index contributed by atoms with van der Waals surface area (Å²) in [5.41, 5.74) is 1.28. The molecule has 1 aromatic rings. The summed E-state index contributed by atoms with van der Waals surface area (Å²) in [5.74, 6) is -0.0372. The highest BCUT2D eigenvalue weighted by Gasteiger charge is 2.25. The van der Waals surface area contributed by atoms with Crippen molar-refractivity contribution in [2.24, 2.45) is 0 Å². The normalized spacial score (nSPS) is 19.0. The van der Waals surface area contributed by atoms with Crippen molar-refractivity contribution < 1.29 is 9.53 Å². The molecular weight excluding hydrogens is 228 g/mol. The summed E-state index contributed by atoms with van der Waals surface area (Å²) in [6.07, 6.45) is 2.50. The molecule has 1 saturated heterocycles. The van der Waals surface area contributed by atoms with Crippen LogP contribution in [0.2, 0.25) is 0 Å². The summed E-state index contributed by atoms with van der Waals surface area (Å²) in [7, 11) is 1.72. The van der Waals surface area contributed by atoms with Gasteiger partial charge >= 0.3 is 0 Å². The molecule has 18 heavy (non-hydrogen) atoms. The van der Waals surface area contributed by atoms with Gasteiger partial charge in [-0.05, 0) is 37.5 Å². The fraction of sp³-hybridized carbons (Fsp3) is 0.429. The minimum atomic E-state index is -0.338. The topological polar surface area (TPSA) is 53.3 Å². The average molecular weight is 244 g/mol. The third kappa shape index (κ3) is 2.69. The van der Waals surface area contributed by atoms with Gasteiger partial charge in [0.15, 0.2) is 0 Å². The first-order valence-electron chi connectivity index (χ1n) is 6.11. The van der Waals surface area contributed by atoms with E-state index >= 15 is 0 Å². The van der Waals surface area contributed by atoms with E-state index in [0.717, 1.165) is 24.9 Å². The van der Waals surface area contributed by atoms with E-state index in [0.29, 0.717) is 12.2 Å². The molecule has 1 fully saturated rings. The van der Waals surface area contributed by atoms with Gasteiger partial charge in [-0.3, -0.25) is 4.79 Å². The number of likely N-dealkylation sites (N-methyl/N-ethyl adjacent to an activating group) is 1. The molecule has 1 aliphatic rings. The molecule has 1 unspecified atom stereocenters. The van der Waals surface area contributed by atoms with Crippen molar-refractivity contribution in [3.8, 4) is 6.07 Å². The fourth-order valence-corrected chi connectivity index (χ4v) is 2.06. The molecule has 94 valence electrons. The van der Waals surface area contributed by atoms with Crippen LogP contribution < -0.4 is 4.90 Å². The van der Waals surface area contributed by atoms with Crippen LogP contribution in [0.15, 0.2) is 24.3 Å². The number of nitrogens with zero attached hydrogens (tertiary/aromatic N) is 2. The zero-order valence-electron chi connectivity index (χ0n) is 10.4. The molecule has 1 heterocycles. The molecule has 4 heteroatoms. The Morgan fingerprint density at radius 1 is 1.50 bits per heavy atom. The first-order valence-corrected chi connectivity index (χ1v) is 6.11. The molecule has 0 N–H and O–H groups in total. The summed E-state index contributed by atoms with van der Waals surface area (Å²) < 4.78 is 5.48. The van der Waals surface area contributed by atoms with Crippen molar-refractivity contribution in [1.82, 2.24) is 0 Å². The van der Waals surface area contributed by atoms with Gasteiger partial charge in [0.05, 0.1) is 11.6 Å². The van der Waals surface area contributed by atoms with Gasteiger partial charge in [-0.25, -0.2) is 0 Å². The van der Waals surface area contributed by atoms with E-state index in [1.165, 1.54) is 0 Å². The molecule has 4 nitrogen and oxygen atoms in total. The molecule has 0 spiro atoms. The van der Waals surface area contributed by atoms with Gasteiger partial charge in [0, 0.05) is 19.3 Å². The van der Waals surface area contributed by atoms with E-state index < -0.39 is 0 Å². The van der Waals surface area contributed by atoms with Gasteiger partial charge in [-0.1, -0.05) is 6.07 Å². The Bertz CT molecular complexity index is 473. The Labute approximate surface area is 107 Å². The number of anilines is 1. The molecule has 1 amide bonds. The van der Waals surface area contributed by atoms with Gasteiger partial charge in [0.25, 0.3) is 5.91 Å². The predicted molar refractivity (Wildman–Crippen MR) is 68.2 cm³/mol. The van der Waals surface area contributed by atoms with Crippen LogP contribution in [-0.2, 0) is 9.53 Å². The smallest absolute Gasteiger partial charge is 0.255 e. The van der Waals surface area contributed by atoms with E-state index in [4.69, 9.17) is 10.00 Å². The molecule has 1 aliphatic heterocycles. The lowest BCUT2D eigenvalue weighted by atomic mass is 10.1. The van der Waals surface area contributed by atoms with E-state index in [1.807, 2.05) is 6.07 Å². The number of carbonyl (C=O) groups excluding carboxylic acids is 1. The maximum atomic E-state index is 12.2. The monoisotopic (exact) mass is 244 g/mol. The molecule has 0 radical (unpaired) electrons. The van der Waals surface area contributed by atoms with Gasteiger partial charge in [-0.15, -0.1) is 0 Å². The Balaban J connectivity index is 2.12. The van der Waals surface area contributed by atoms with Crippen LogP contribution in [0, 0.1) is 11.3 Å². The van der Waals surface area contributed by atoms with Crippen LogP contribution in [-0.4, -0.2) is 25.7 Å². The van der Waals surface area contributed by atoms with Gasteiger partial charge < -0.3 is 9.64 Å². The molecular formula is C14H16N2O2. The zero-order valence-corrected chi connectivity index (χ0v) is 10.4. The summed E-state index contributed by atoms with van der Waals surface area (Å²) in [5, 5.41) is 8.85. The van der Waals surface area contributed by atoms with Crippen molar-refractivity contribution >= 4 is 11.6 Å². The highest BCUT2D eigenvalue weighted by Crippen LogP contribution is 2.19. The van der Waals surface area contributed by atoms with Crippen molar-refractivity contribution in [2.75, 3.05) is 18.6 Å². The number of ether oxygens (including phenoxy) is 1. The summed E-state index contributed by atoms with van der Waals surface area (Å²) in [4.78, 5) is 13.8. The molecule has 1 atom stereocenters. The van der Waals surface area contributed by atoms with Crippen molar-refractivity contribution in [3.05, 3.63) is 29.8 Å². The number of amides is 1. The minimum Gasteiger partial charge on any atom is -0.368 e. The maximum absolute atomic E-state index is 12.2. The van der Waals surface area contributed by atoms with Crippen LogP contribution in [0.1, 0.15) is 24.8 Å². The lowest BCUT2D eigenvalue weighted by Gasteiger charge is -2.26. The van der Waals surface area contributed by atoms with Crippen molar-refractivity contribution in [2.45, 2.75) is 25.4 Å². The summed E-state index contributed by atoms with van der Waals surface area (Å²) in [6, 6.07) is 9.10. The Kier molecular flexibility index (Phi) is 3.96. The largest absolute Gasteiger partial charge is 0.368 e. The number of benzene rings is 1. The highest BCUT2D eigenvalue weighted by atomic mass is 16.5. The first-order chi connectivity index (χ1) is 8.72. The zero-order chi connectivity index (χ0) is 13.0. The van der Waals surface area contributed by atoms with E-state index in [9.17, 15) is 4.79 Å². The van der Waals surface area contributed by atoms with E-state index in [2.05, 4.69) is 6.07 Å².